The Morgan fingerprint density at radius 1 is 1.28 bits per heavy atom. The van der Waals surface area contributed by atoms with Crippen molar-refractivity contribution in [3.8, 4) is 5.75 Å². The Hall–Kier alpha value is -1.30. The smallest absolute Gasteiger partial charge is 0.313 e. The van der Waals surface area contributed by atoms with E-state index in [9.17, 15) is 14.5 Å². The molecule has 100 valence electrons. The van der Waals surface area contributed by atoms with Crippen molar-refractivity contribution in [1.82, 2.24) is 0 Å². The maximum atomic E-state index is 12.9. The predicted molar refractivity (Wildman–Crippen MR) is 70.9 cm³/mol. The summed E-state index contributed by atoms with van der Waals surface area (Å²) in [5.41, 5.74) is -0.328. The number of nitro groups is 1. The SMILES string of the molecule is O=[N+]([O-])c1cc(F)ccc1OCCCCCCS. The van der Waals surface area contributed by atoms with Crippen molar-refractivity contribution in [2.24, 2.45) is 0 Å². The lowest BCUT2D eigenvalue weighted by Crippen LogP contribution is -2.01. The molecule has 4 nitrogen and oxygen atoms in total. The molecule has 6 heteroatoms. The number of thiol groups is 1. The quantitative estimate of drug-likeness (QED) is 0.341. The average Bonchev–Trinajstić information content (AvgIpc) is 2.35. The van der Waals surface area contributed by atoms with Crippen LogP contribution in [-0.2, 0) is 0 Å². The van der Waals surface area contributed by atoms with Crippen LogP contribution >= 0.6 is 12.6 Å². The number of unbranched alkanes of at least 4 members (excludes halogenated alkanes) is 3. The van der Waals surface area contributed by atoms with E-state index in [1.165, 1.54) is 6.07 Å². The van der Waals surface area contributed by atoms with Crippen LogP contribution in [0, 0.1) is 15.9 Å². The van der Waals surface area contributed by atoms with Crippen molar-refractivity contribution in [3.63, 3.8) is 0 Å². The topological polar surface area (TPSA) is 52.4 Å². The zero-order valence-corrected chi connectivity index (χ0v) is 10.9. The molecule has 0 aromatic heterocycles. The first-order chi connectivity index (χ1) is 8.65. The van der Waals surface area contributed by atoms with Crippen LogP contribution in [0.3, 0.4) is 0 Å². The van der Waals surface area contributed by atoms with E-state index >= 15 is 0 Å². The van der Waals surface area contributed by atoms with Crippen LogP contribution in [-0.4, -0.2) is 17.3 Å². The minimum absolute atomic E-state index is 0.121. The molecule has 0 unspecified atom stereocenters. The van der Waals surface area contributed by atoms with Crippen LogP contribution < -0.4 is 4.74 Å². The molecule has 0 aliphatic carbocycles. The number of hydrogen-bond donors (Lipinski definition) is 1. The Labute approximate surface area is 111 Å². The van der Waals surface area contributed by atoms with E-state index in [-0.39, 0.29) is 11.4 Å². The van der Waals surface area contributed by atoms with Gasteiger partial charge in [0.1, 0.15) is 5.82 Å². The fourth-order valence-electron chi connectivity index (χ4n) is 1.50. The summed E-state index contributed by atoms with van der Waals surface area (Å²) in [5.74, 6) is 0.350. The molecule has 0 spiro atoms. The van der Waals surface area contributed by atoms with Gasteiger partial charge in [0.2, 0.25) is 0 Å². The second-order valence-corrected chi connectivity index (χ2v) is 4.30. The summed E-state index contributed by atoms with van der Waals surface area (Å²) in [6.07, 6.45) is 3.94. The lowest BCUT2D eigenvalue weighted by atomic mass is 10.2. The highest BCUT2D eigenvalue weighted by molar-refractivity contribution is 7.80. The molecule has 0 bridgehead atoms. The maximum Gasteiger partial charge on any atom is 0.313 e. The van der Waals surface area contributed by atoms with Gasteiger partial charge in [-0.3, -0.25) is 10.1 Å². The van der Waals surface area contributed by atoms with Crippen LogP contribution in [0.4, 0.5) is 10.1 Å². The molecule has 0 aliphatic rings. The first kappa shape index (κ1) is 14.8. The first-order valence-electron chi connectivity index (χ1n) is 5.82. The summed E-state index contributed by atoms with van der Waals surface area (Å²) in [4.78, 5) is 10.1. The van der Waals surface area contributed by atoms with Crippen molar-refractivity contribution in [2.75, 3.05) is 12.4 Å². The van der Waals surface area contributed by atoms with Gasteiger partial charge in [-0.1, -0.05) is 12.8 Å². The number of benzene rings is 1. The summed E-state index contributed by atoms with van der Waals surface area (Å²) in [7, 11) is 0. The Morgan fingerprint density at radius 3 is 2.67 bits per heavy atom. The highest BCUT2D eigenvalue weighted by Crippen LogP contribution is 2.27. The van der Waals surface area contributed by atoms with E-state index in [2.05, 4.69) is 12.6 Å². The molecule has 0 fully saturated rings. The number of hydrogen-bond acceptors (Lipinski definition) is 4. The zero-order valence-electron chi connectivity index (χ0n) is 9.97. The van der Waals surface area contributed by atoms with Gasteiger partial charge in [0.05, 0.1) is 17.6 Å². The van der Waals surface area contributed by atoms with E-state index in [1.54, 1.807) is 0 Å². The van der Waals surface area contributed by atoms with Gasteiger partial charge in [0.15, 0.2) is 5.75 Å². The lowest BCUT2D eigenvalue weighted by molar-refractivity contribution is -0.386. The second-order valence-electron chi connectivity index (χ2n) is 3.86. The summed E-state index contributed by atoms with van der Waals surface area (Å²) in [6.45, 7) is 0.402. The van der Waals surface area contributed by atoms with Crippen LogP contribution in [0.15, 0.2) is 18.2 Å². The Kier molecular flexibility index (Phi) is 6.49. The van der Waals surface area contributed by atoms with Gasteiger partial charge in [0.25, 0.3) is 0 Å². The lowest BCUT2D eigenvalue weighted by Gasteiger charge is -2.06. The summed E-state index contributed by atoms with van der Waals surface area (Å²) < 4.78 is 18.2. The predicted octanol–water partition coefficient (Wildman–Crippen LogP) is 3.60. The van der Waals surface area contributed by atoms with Crippen molar-refractivity contribution >= 4 is 18.3 Å². The minimum atomic E-state index is -0.640. The molecule has 1 aromatic rings. The summed E-state index contributed by atoms with van der Waals surface area (Å²) in [6, 6.07) is 3.32. The van der Waals surface area contributed by atoms with Crippen molar-refractivity contribution < 1.29 is 14.1 Å². The van der Waals surface area contributed by atoms with Crippen LogP contribution in [0.25, 0.3) is 0 Å². The van der Waals surface area contributed by atoms with Gasteiger partial charge in [-0.25, -0.2) is 4.39 Å². The molecule has 0 aliphatic heterocycles. The van der Waals surface area contributed by atoms with Crippen molar-refractivity contribution in [3.05, 3.63) is 34.1 Å². The molecule has 1 aromatic carbocycles. The van der Waals surface area contributed by atoms with Crippen molar-refractivity contribution in [2.45, 2.75) is 25.7 Å². The first-order valence-corrected chi connectivity index (χ1v) is 6.46. The third-order valence-corrected chi connectivity index (χ3v) is 2.74. The van der Waals surface area contributed by atoms with Gasteiger partial charge in [-0.05, 0) is 30.7 Å². The molecule has 1 rings (SSSR count). The third kappa shape index (κ3) is 4.91. The summed E-state index contributed by atoms with van der Waals surface area (Å²) >= 11 is 4.11. The largest absolute Gasteiger partial charge is 0.487 e. The third-order valence-electron chi connectivity index (χ3n) is 2.43. The average molecular weight is 273 g/mol. The minimum Gasteiger partial charge on any atom is -0.487 e. The normalized spacial score (nSPS) is 10.3. The van der Waals surface area contributed by atoms with E-state index in [1.807, 2.05) is 0 Å². The van der Waals surface area contributed by atoms with Crippen LogP contribution in [0.1, 0.15) is 25.7 Å². The molecule has 0 N–H and O–H groups in total. The Balaban J connectivity index is 2.44. The molecular weight excluding hydrogens is 257 g/mol. The van der Waals surface area contributed by atoms with E-state index in [0.717, 1.165) is 43.6 Å². The maximum absolute atomic E-state index is 12.9. The number of nitro benzene ring substituents is 1. The molecule has 0 saturated heterocycles. The van der Waals surface area contributed by atoms with Gasteiger partial charge < -0.3 is 4.74 Å². The zero-order chi connectivity index (χ0) is 13.4. The standard InChI is InChI=1S/C12H16FNO3S/c13-10-5-6-12(11(9-10)14(15)16)17-7-3-1-2-4-8-18/h5-6,9,18H,1-4,7-8H2. The van der Waals surface area contributed by atoms with E-state index in [0.29, 0.717) is 6.61 Å². The monoisotopic (exact) mass is 273 g/mol. The van der Waals surface area contributed by atoms with Gasteiger partial charge in [-0.15, -0.1) is 0 Å². The fraction of sp³-hybridized carbons (Fsp3) is 0.500. The second kappa shape index (κ2) is 7.92. The van der Waals surface area contributed by atoms with Crippen molar-refractivity contribution in [1.29, 1.82) is 0 Å². The number of nitrogens with zero attached hydrogens (tertiary/aromatic N) is 1. The molecule has 18 heavy (non-hydrogen) atoms. The Bertz CT molecular complexity index is 401. The molecular formula is C12H16FNO3S. The van der Waals surface area contributed by atoms with Crippen LogP contribution in [0.5, 0.6) is 5.75 Å². The molecule has 0 heterocycles. The van der Waals surface area contributed by atoms with Crippen LogP contribution in [0.2, 0.25) is 0 Å². The molecule has 0 saturated carbocycles. The summed E-state index contributed by atoms with van der Waals surface area (Å²) in [5, 5.41) is 10.7. The number of rotatable bonds is 8. The van der Waals surface area contributed by atoms with E-state index < -0.39 is 10.7 Å². The van der Waals surface area contributed by atoms with Gasteiger partial charge >= 0.3 is 5.69 Å². The highest BCUT2D eigenvalue weighted by Gasteiger charge is 2.15. The van der Waals surface area contributed by atoms with E-state index in [4.69, 9.17) is 4.74 Å². The molecule has 0 amide bonds. The Morgan fingerprint density at radius 2 is 2.00 bits per heavy atom. The number of ether oxygens (including phenoxy) is 1. The molecule has 0 radical (unpaired) electrons. The highest BCUT2D eigenvalue weighted by atomic mass is 32.1. The number of halogens is 1. The van der Waals surface area contributed by atoms with Gasteiger partial charge in [-0.2, -0.15) is 12.6 Å². The van der Waals surface area contributed by atoms with Gasteiger partial charge in [0, 0.05) is 0 Å². The fourth-order valence-corrected chi connectivity index (χ4v) is 1.73. The molecule has 0 atom stereocenters.